The third-order valence-electron chi connectivity index (χ3n) is 5.50. The van der Waals surface area contributed by atoms with Gasteiger partial charge in [-0.25, -0.2) is 0 Å². The SMILES string of the molecule is CNC[C@H]1OCc2ccccc2-c2ccccc2C(=O)N([C@H](C)CO)C[C@@H]1C. The topological polar surface area (TPSA) is 61.8 Å². The summed E-state index contributed by atoms with van der Waals surface area (Å²) in [5, 5.41) is 13.0. The largest absolute Gasteiger partial charge is 0.394 e. The minimum absolute atomic E-state index is 0.0412. The first-order valence-corrected chi connectivity index (χ1v) is 9.92. The van der Waals surface area contributed by atoms with Crippen LogP contribution >= 0.6 is 0 Å². The Hall–Kier alpha value is -2.21. The molecular weight excluding hydrogens is 352 g/mol. The number of benzene rings is 2. The van der Waals surface area contributed by atoms with Crippen molar-refractivity contribution < 1.29 is 14.6 Å². The van der Waals surface area contributed by atoms with Gasteiger partial charge in [0, 0.05) is 24.6 Å². The first-order chi connectivity index (χ1) is 13.6. The van der Waals surface area contributed by atoms with Crippen LogP contribution in [0.5, 0.6) is 0 Å². The third-order valence-corrected chi connectivity index (χ3v) is 5.50. The average Bonchev–Trinajstić information content (AvgIpc) is 2.74. The summed E-state index contributed by atoms with van der Waals surface area (Å²) in [5.74, 6) is 0.0618. The van der Waals surface area contributed by atoms with Crippen LogP contribution in [0.1, 0.15) is 29.8 Å². The maximum absolute atomic E-state index is 13.5. The molecule has 0 saturated heterocycles. The van der Waals surface area contributed by atoms with Crippen molar-refractivity contribution >= 4 is 5.91 Å². The van der Waals surface area contributed by atoms with Gasteiger partial charge in [0.2, 0.25) is 0 Å². The van der Waals surface area contributed by atoms with Crippen LogP contribution < -0.4 is 5.32 Å². The highest BCUT2D eigenvalue weighted by Gasteiger charge is 2.29. The number of likely N-dealkylation sites (N-methyl/N-ethyl adjacent to an activating group) is 1. The Balaban J connectivity index is 2.14. The molecule has 0 spiro atoms. The quantitative estimate of drug-likeness (QED) is 0.854. The minimum atomic E-state index is -0.269. The van der Waals surface area contributed by atoms with Gasteiger partial charge in [0.1, 0.15) is 0 Å². The van der Waals surface area contributed by atoms with Crippen molar-refractivity contribution in [2.24, 2.45) is 5.92 Å². The van der Waals surface area contributed by atoms with E-state index in [1.165, 1.54) is 0 Å². The highest BCUT2D eigenvalue weighted by atomic mass is 16.5. The average molecular weight is 383 g/mol. The van der Waals surface area contributed by atoms with Crippen molar-refractivity contribution in [1.29, 1.82) is 0 Å². The molecule has 0 aromatic heterocycles. The fraction of sp³-hybridized carbons (Fsp3) is 0.435. The van der Waals surface area contributed by atoms with Crippen molar-refractivity contribution in [2.75, 3.05) is 26.7 Å². The van der Waals surface area contributed by atoms with Gasteiger partial charge >= 0.3 is 0 Å². The standard InChI is InChI=1S/C23H30N2O3/c1-16-13-25(17(2)14-26)23(27)21-11-7-6-10-20(21)19-9-5-4-8-18(19)15-28-22(16)12-24-3/h4-11,16-17,22,24,26H,12-15H2,1-3H3/t16-,17+,22+/m0/s1. The number of hydrogen-bond donors (Lipinski definition) is 2. The molecule has 150 valence electrons. The van der Waals surface area contributed by atoms with Crippen LogP contribution in [0, 0.1) is 5.92 Å². The van der Waals surface area contributed by atoms with Gasteiger partial charge in [-0.15, -0.1) is 0 Å². The number of nitrogens with zero attached hydrogens (tertiary/aromatic N) is 1. The third kappa shape index (κ3) is 4.27. The van der Waals surface area contributed by atoms with Crippen molar-refractivity contribution in [2.45, 2.75) is 32.6 Å². The van der Waals surface area contributed by atoms with E-state index in [9.17, 15) is 9.90 Å². The lowest BCUT2D eigenvalue weighted by atomic mass is 9.94. The van der Waals surface area contributed by atoms with Crippen LogP contribution in [0.25, 0.3) is 11.1 Å². The van der Waals surface area contributed by atoms with Crippen molar-refractivity contribution in [1.82, 2.24) is 10.2 Å². The molecule has 0 saturated carbocycles. The lowest BCUT2D eigenvalue weighted by Gasteiger charge is -2.33. The maximum Gasteiger partial charge on any atom is 0.254 e. The molecule has 5 heteroatoms. The molecule has 2 aromatic carbocycles. The lowest BCUT2D eigenvalue weighted by molar-refractivity contribution is -0.00645. The molecule has 1 aliphatic heterocycles. The molecule has 0 fully saturated rings. The molecule has 2 aromatic rings. The van der Waals surface area contributed by atoms with Gasteiger partial charge < -0.3 is 20.1 Å². The number of amides is 1. The zero-order valence-electron chi connectivity index (χ0n) is 16.9. The number of carbonyl (C=O) groups is 1. The van der Waals surface area contributed by atoms with Crippen LogP contribution in [0.15, 0.2) is 48.5 Å². The number of carbonyl (C=O) groups excluding carboxylic acids is 1. The summed E-state index contributed by atoms with van der Waals surface area (Å²) in [6, 6.07) is 15.5. The molecule has 0 unspecified atom stereocenters. The Bertz CT molecular complexity index is 808. The molecule has 1 heterocycles. The van der Waals surface area contributed by atoms with Gasteiger partial charge in [0.05, 0.1) is 25.4 Å². The van der Waals surface area contributed by atoms with E-state index in [2.05, 4.69) is 18.3 Å². The van der Waals surface area contributed by atoms with Gasteiger partial charge in [-0.2, -0.15) is 0 Å². The molecule has 5 nitrogen and oxygen atoms in total. The fourth-order valence-corrected chi connectivity index (χ4v) is 3.78. The first kappa shape index (κ1) is 20.5. The van der Waals surface area contributed by atoms with Crippen molar-refractivity contribution in [3.63, 3.8) is 0 Å². The smallest absolute Gasteiger partial charge is 0.254 e. The van der Waals surface area contributed by atoms with Gasteiger partial charge in [-0.1, -0.05) is 49.4 Å². The maximum atomic E-state index is 13.5. The molecule has 1 amide bonds. The Morgan fingerprint density at radius 2 is 1.79 bits per heavy atom. The van der Waals surface area contributed by atoms with Crippen LogP contribution in [0.3, 0.4) is 0 Å². The van der Waals surface area contributed by atoms with Crippen LogP contribution in [-0.2, 0) is 11.3 Å². The number of ether oxygens (including phenoxy) is 1. The molecule has 0 bridgehead atoms. The van der Waals surface area contributed by atoms with E-state index in [1.54, 1.807) is 4.90 Å². The number of rotatable bonds is 4. The summed E-state index contributed by atoms with van der Waals surface area (Å²) < 4.78 is 6.30. The summed E-state index contributed by atoms with van der Waals surface area (Å²) >= 11 is 0. The number of aliphatic hydroxyl groups is 1. The predicted octanol–water partition coefficient (Wildman–Crippen LogP) is 2.93. The zero-order chi connectivity index (χ0) is 20.1. The zero-order valence-corrected chi connectivity index (χ0v) is 16.9. The predicted molar refractivity (Wildman–Crippen MR) is 111 cm³/mol. The Kier molecular flexibility index (Phi) is 6.83. The van der Waals surface area contributed by atoms with E-state index in [-0.39, 0.29) is 30.6 Å². The summed E-state index contributed by atoms with van der Waals surface area (Å²) in [6.07, 6.45) is -0.0412. The van der Waals surface area contributed by atoms with Crippen molar-refractivity contribution in [3.05, 3.63) is 59.7 Å². The number of nitrogens with one attached hydrogen (secondary N) is 1. The summed E-state index contributed by atoms with van der Waals surface area (Å²) in [5.41, 5.74) is 3.65. The first-order valence-electron chi connectivity index (χ1n) is 9.92. The van der Waals surface area contributed by atoms with E-state index < -0.39 is 0 Å². The normalized spacial score (nSPS) is 21.4. The Morgan fingerprint density at radius 3 is 2.46 bits per heavy atom. The second-order valence-corrected chi connectivity index (χ2v) is 7.58. The fourth-order valence-electron chi connectivity index (χ4n) is 3.78. The van der Waals surface area contributed by atoms with Gasteiger partial charge in [0.25, 0.3) is 5.91 Å². The molecule has 3 rings (SSSR count). The molecule has 1 aliphatic rings. The monoisotopic (exact) mass is 382 g/mol. The van der Waals surface area contributed by atoms with E-state index in [0.29, 0.717) is 25.3 Å². The number of hydrogen-bond acceptors (Lipinski definition) is 4. The number of fused-ring (bicyclic) bond motifs is 3. The summed E-state index contributed by atoms with van der Waals surface area (Å²) in [6.45, 7) is 5.62. The summed E-state index contributed by atoms with van der Waals surface area (Å²) in [4.78, 5) is 15.3. The highest BCUT2D eigenvalue weighted by Crippen LogP contribution is 2.30. The lowest BCUT2D eigenvalue weighted by Crippen LogP contribution is -2.46. The van der Waals surface area contributed by atoms with Crippen molar-refractivity contribution in [3.8, 4) is 11.1 Å². The van der Waals surface area contributed by atoms with Gasteiger partial charge in [-0.05, 0) is 36.7 Å². The Morgan fingerprint density at radius 1 is 1.14 bits per heavy atom. The molecule has 3 atom stereocenters. The molecule has 0 radical (unpaired) electrons. The molecule has 0 aliphatic carbocycles. The van der Waals surface area contributed by atoms with Crippen LogP contribution in [0.4, 0.5) is 0 Å². The Labute approximate surface area is 167 Å². The molecule has 2 N–H and O–H groups in total. The molecule has 28 heavy (non-hydrogen) atoms. The second kappa shape index (κ2) is 9.32. The van der Waals surface area contributed by atoms with Crippen LogP contribution in [0.2, 0.25) is 0 Å². The number of aliphatic hydroxyl groups excluding tert-OH is 1. The van der Waals surface area contributed by atoms with E-state index >= 15 is 0 Å². The highest BCUT2D eigenvalue weighted by molar-refractivity contribution is 6.01. The summed E-state index contributed by atoms with van der Waals surface area (Å²) in [7, 11) is 1.91. The van der Waals surface area contributed by atoms with E-state index in [4.69, 9.17) is 4.74 Å². The van der Waals surface area contributed by atoms with Gasteiger partial charge in [0.15, 0.2) is 0 Å². The van der Waals surface area contributed by atoms with Crippen LogP contribution in [-0.4, -0.2) is 54.8 Å². The van der Waals surface area contributed by atoms with E-state index in [1.807, 2.05) is 56.4 Å². The van der Waals surface area contributed by atoms with E-state index in [0.717, 1.165) is 16.7 Å². The molecular formula is C23H30N2O3. The second-order valence-electron chi connectivity index (χ2n) is 7.58. The van der Waals surface area contributed by atoms with Gasteiger partial charge in [-0.3, -0.25) is 4.79 Å². The minimum Gasteiger partial charge on any atom is -0.394 e.